The molecule has 3 rings (SSSR count). The molecule has 3 N–H and O–H groups in total. The van der Waals surface area contributed by atoms with E-state index in [9.17, 15) is 9.90 Å². The number of nitrogens with one attached hydrogen (secondary N) is 2. The van der Waals surface area contributed by atoms with Crippen molar-refractivity contribution in [1.82, 2.24) is 25.3 Å². The molecule has 7 heteroatoms. The molecule has 2 heterocycles. The quantitative estimate of drug-likeness (QED) is 0.719. The van der Waals surface area contributed by atoms with Crippen LogP contribution in [0.15, 0.2) is 36.7 Å². The number of hydrogen-bond acceptors (Lipinski definition) is 4. The van der Waals surface area contributed by atoms with Gasteiger partial charge in [-0.1, -0.05) is 24.3 Å². The molecule has 0 fully saturated rings. The Bertz CT molecular complexity index is 715. The Labute approximate surface area is 147 Å². The number of fused-ring (bicyclic) bond motifs is 1. The number of hydrogen-bond donors (Lipinski definition) is 3. The number of benzene rings is 1. The number of aliphatic hydroxyl groups excluding tert-OH is 1. The molecule has 0 aliphatic carbocycles. The summed E-state index contributed by atoms with van der Waals surface area (Å²) in [6.45, 7) is 2.98. The summed E-state index contributed by atoms with van der Waals surface area (Å²) in [4.78, 5) is 14.0. The minimum Gasteiger partial charge on any atom is -0.390 e. The first-order chi connectivity index (χ1) is 12.1. The second kappa shape index (κ2) is 8.13. The van der Waals surface area contributed by atoms with E-state index >= 15 is 0 Å². The predicted molar refractivity (Wildman–Crippen MR) is 94.9 cm³/mol. The zero-order valence-electron chi connectivity index (χ0n) is 14.5. The first-order valence-corrected chi connectivity index (χ1v) is 8.56. The average Bonchev–Trinajstić information content (AvgIpc) is 3.03. The van der Waals surface area contributed by atoms with Crippen LogP contribution in [0.2, 0.25) is 0 Å². The molecule has 134 valence electrons. The Kier molecular flexibility index (Phi) is 5.67. The smallest absolute Gasteiger partial charge is 0.315 e. The van der Waals surface area contributed by atoms with Gasteiger partial charge in [-0.15, -0.1) is 0 Å². The second-order valence-corrected chi connectivity index (χ2v) is 6.49. The molecule has 0 bridgehead atoms. The van der Waals surface area contributed by atoms with Crippen LogP contribution in [0.25, 0.3) is 0 Å². The summed E-state index contributed by atoms with van der Waals surface area (Å²) in [5, 5.41) is 19.7. The molecule has 7 nitrogen and oxygen atoms in total. The van der Waals surface area contributed by atoms with E-state index in [-0.39, 0.29) is 12.6 Å². The van der Waals surface area contributed by atoms with E-state index in [4.69, 9.17) is 0 Å². The highest BCUT2D eigenvalue weighted by Gasteiger charge is 2.18. The monoisotopic (exact) mass is 343 g/mol. The van der Waals surface area contributed by atoms with Crippen LogP contribution in [-0.2, 0) is 26.6 Å². The molecular weight excluding hydrogens is 318 g/mol. The van der Waals surface area contributed by atoms with Gasteiger partial charge in [-0.2, -0.15) is 5.10 Å². The van der Waals surface area contributed by atoms with Crippen LogP contribution in [-0.4, -0.2) is 51.6 Å². The molecule has 25 heavy (non-hydrogen) atoms. The van der Waals surface area contributed by atoms with E-state index in [0.29, 0.717) is 13.1 Å². The molecule has 0 spiro atoms. The predicted octanol–water partition coefficient (Wildman–Crippen LogP) is 0.639. The van der Waals surface area contributed by atoms with Crippen LogP contribution in [0.1, 0.15) is 16.7 Å². The van der Waals surface area contributed by atoms with Crippen molar-refractivity contribution in [3.05, 3.63) is 53.3 Å². The Balaban J connectivity index is 1.36. The number of rotatable bonds is 6. The van der Waals surface area contributed by atoms with Gasteiger partial charge in [0.2, 0.25) is 0 Å². The van der Waals surface area contributed by atoms with Crippen molar-refractivity contribution in [3.8, 4) is 0 Å². The number of aliphatic hydroxyl groups is 1. The van der Waals surface area contributed by atoms with Gasteiger partial charge in [0.25, 0.3) is 0 Å². The molecule has 1 unspecified atom stereocenters. The number of aromatic nitrogens is 2. The molecule has 1 aromatic heterocycles. The highest BCUT2D eigenvalue weighted by molar-refractivity contribution is 5.73. The topological polar surface area (TPSA) is 82.4 Å². The standard InChI is InChI=1S/C18H25N5O2/c1-22-11-14(9-21-22)8-19-18(25)20-10-17(24)13-23-7-6-15-4-2-3-5-16(15)12-23/h2-5,9,11,17,24H,6-8,10,12-13H2,1H3,(H2,19,20,25). The molecule has 1 atom stereocenters. The van der Waals surface area contributed by atoms with E-state index in [0.717, 1.165) is 25.1 Å². The van der Waals surface area contributed by atoms with E-state index in [1.165, 1.54) is 11.1 Å². The van der Waals surface area contributed by atoms with Crippen LogP contribution >= 0.6 is 0 Å². The number of β-amino-alcohol motifs (C(OH)–C–C–N with tert-alkyl or cyclic N) is 1. The fourth-order valence-electron chi connectivity index (χ4n) is 3.09. The maximum atomic E-state index is 11.8. The van der Waals surface area contributed by atoms with Crippen LogP contribution < -0.4 is 10.6 Å². The molecule has 0 saturated heterocycles. The highest BCUT2D eigenvalue weighted by Crippen LogP contribution is 2.18. The summed E-state index contributed by atoms with van der Waals surface area (Å²) in [6.07, 6.45) is 3.98. The lowest BCUT2D eigenvalue weighted by Crippen LogP contribution is -2.44. The Hall–Kier alpha value is -2.38. The van der Waals surface area contributed by atoms with E-state index < -0.39 is 6.10 Å². The third-order valence-electron chi connectivity index (χ3n) is 4.39. The lowest BCUT2D eigenvalue weighted by atomic mass is 10.00. The molecule has 1 aliphatic heterocycles. The molecule has 1 aromatic carbocycles. The van der Waals surface area contributed by atoms with Gasteiger partial charge in [0, 0.05) is 51.5 Å². The van der Waals surface area contributed by atoms with Gasteiger partial charge in [0.15, 0.2) is 0 Å². The summed E-state index contributed by atoms with van der Waals surface area (Å²) < 4.78 is 1.69. The van der Waals surface area contributed by atoms with Crippen LogP contribution in [0.3, 0.4) is 0 Å². The summed E-state index contributed by atoms with van der Waals surface area (Å²) in [6, 6.07) is 8.13. The van der Waals surface area contributed by atoms with Crippen molar-refractivity contribution in [3.63, 3.8) is 0 Å². The highest BCUT2D eigenvalue weighted by atomic mass is 16.3. The fraction of sp³-hybridized carbons (Fsp3) is 0.444. The minimum absolute atomic E-state index is 0.233. The molecule has 2 aromatic rings. The zero-order chi connectivity index (χ0) is 17.6. The summed E-state index contributed by atoms with van der Waals surface area (Å²) in [5.41, 5.74) is 3.65. The van der Waals surface area contributed by atoms with Crippen molar-refractivity contribution in [2.75, 3.05) is 19.6 Å². The lowest BCUT2D eigenvalue weighted by molar-refractivity contribution is 0.105. The third kappa shape index (κ3) is 5.04. The van der Waals surface area contributed by atoms with Crippen molar-refractivity contribution >= 4 is 6.03 Å². The third-order valence-corrected chi connectivity index (χ3v) is 4.39. The number of carbonyl (C=O) groups excluding carboxylic acids is 1. The Morgan fingerprint density at radius 2 is 2.12 bits per heavy atom. The van der Waals surface area contributed by atoms with Gasteiger partial charge < -0.3 is 15.7 Å². The van der Waals surface area contributed by atoms with E-state index in [2.05, 4.69) is 38.8 Å². The van der Waals surface area contributed by atoms with Gasteiger partial charge in [0.05, 0.1) is 12.3 Å². The summed E-state index contributed by atoms with van der Waals surface area (Å²) in [7, 11) is 1.83. The number of urea groups is 1. The maximum absolute atomic E-state index is 11.8. The van der Waals surface area contributed by atoms with Crippen LogP contribution in [0.5, 0.6) is 0 Å². The van der Waals surface area contributed by atoms with Gasteiger partial charge in [-0.3, -0.25) is 9.58 Å². The number of amides is 2. The molecule has 2 amide bonds. The summed E-state index contributed by atoms with van der Waals surface area (Å²) >= 11 is 0. The van der Waals surface area contributed by atoms with Crippen molar-refractivity contribution in [2.24, 2.45) is 7.05 Å². The molecule has 0 radical (unpaired) electrons. The number of aryl methyl sites for hydroxylation is 1. The molecular formula is C18H25N5O2. The normalized spacial score (nSPS) is 15.4. The fourth-order valence-corrected chi connectivity index (χ4v) is 3.09. The molecule has 1 aliphatic rings. The number of carbonyl (C=O) groups is 1. The zero-order valence-corrected chi connectivity index (χ0v) is 14.5. The van der Waals surface area contributed by atoms with Crippen molar-refractivity contribution in [2.45, 2.75) is 25.6 Å². The minimum atomic E-state index is -0.589. The van der Waals surface area contributed by atoms with Gasteiger partial charge in [0.1, 0.15) is 0 Å². The largest absolute Gasteiger partial charge is 0.390 e. The Morgan fingerprint density at radius 3 is 2.88 bits per heavy atom. The lowest BCUT2D eigenvalue weighted by Gasteiger charge is -2.30. The maximum Gasteiger partial charge on any atom is 0.315 e. The second-order valence-electron chi connectivity index (χ2n) is 6.49. The summed E-state index contributed by atoms with van der Waals surface area (Å²) in [5.74, 6) is 0. The SMILES string of the molecule is Cn1cc(CNC(=O)NCC(O)CN2CCc3ccccc3C2)cn1. The van der Waals surface area contributed by atoms with Gasteiger partial charge in [-0.05, 0) is 17.5 Å². The van der Waals surface area contributed by atoms with Gasteiger partial charge >= 0.3 is 6.03 Å². The van der Waals surface area contributed by atoms with Gasteiger partial charge in [-0.25, -0.2) is 4.79 Å². The van der Waals surface area contributed by atoms with Crippen molar-refractivity contribution in [1.29, 1.82) is 0 Å². The van der Waals surface area contributed by atoms with Crippen LogP contribution in [0.4, 0.5) is 4.79 Å². The first kappa shape index (κ1) is 17.4. The first-order valence-electron chi connectivity index (χ1n) is 8.56. The van der Waals surface area contributed by atoms with E-state index in [1.54, 1.807) is 10.9 Å². The van der Waals surface area contributed by atoms with E-state index in [1.807, 2.05) is 19.3 Å². The van der Waals surface area contributed by atoms with Crippen molar-refractivity contribution < 1.29 is 9.90 Å². The number of nitrogens with zero attached hydrogens (tertiary/aromatic N) is 3. The van der Waals surface area contributed by atoms with Crippen LogP contribution in [0, 0.1) is 0 Å². The Morgan fingerprint density at radius 1 is 1.32 bits per heavy atom. The average molecular weight is 343 g/mol. The molecule has 0 saturated carbocycles.